The first kappa shape index (κ1) is 47.9. The second-order valence-corrected chi connectivity index (χ2v) is 12.9. The summed E-state index contributed by atoms with van der Waals surface area (Å²) < 4.78 is 4.96. The number of hydrogen-bond acceptors (Lipinski definition) is 8. The Balaban J connectivity index is 0. The van der Waals surface area contributed by atoms with Crippen LogP contribution >= 0.6 is 0 Å². The first-order valence-corrected chi connectivity index (χ1v) is 14.3. The Morgan fingerprint density at radius 3 is 1.02 bits per heavy atom. The minimum Gasteiger partial charge on any atom is -1.00 e. The van der Waals surface area contributed by atoms with Gasteiger partial charge in [0.2, 0.25) is 11.8 Å². The molecule has 18 heteroatoms. The van der Waals surface area contributed by atoms with Gasteiger partial charge in [0.15, 0.2) is 0 Å². The van der Waals surface area contributed by atoms with Crippen LogP contribution in [-0.4, -0.2) is 103 Å². The summed E-state index contributed by atoms with van der Waals surface area (Å²) in [6.45, 7) is 11.7. The van der Waals surface area contributed by atoms with Crippen molar-refractivity contribution in [2.24, 2.45) is 39.0 Å². The number of imide groups is 2. The minimum absolute atomic E-state index is 0. The maximum absolute atomic E-state index is 11.5. The monoisotopic (exact) mass is 860 g/mol. The quantitative estimate of drug-likeness (QED) is 0.236. The molecule has 0 aliphatic carbocycles. The van der Waals surface area contributed by atoms with Crippen molar-refractivity contribution in [3.63, 3.8) is 0 Å². The fourth-order valence-corrected chi connectivity index (χ4v) is 5.03. The van der Waals surface area contributed by atoms with E-state index in [1.807, 2.05) is 27.7 Å². The Labute approximate surface area is 346 Å². The van der Waals surface area contributed by atoms with Crippen molar-refractivity contribution in [1.82, 2.24) is 37.9 Å². The standard InChI is InChI=1S/2C8H14N2O2.2C7H10N2O2.HI.Rb/c2*1-8(2)5-9(3)7(12)10(4)6(8)11;2*1-5-4-8(2)7(11)9(3)6(5)10;;/h2*5H2,1-4H3;2*4H,1-3H3;1H;/q;;;;;+1/p-1. The van der Waals surface area contributed by atoms with Crippen LogP contribution in [0.15, 0.2) is 31.6 Å². The Kier molecular flexibility index (Phi) is 18.6. The molecule has 2 fully saturated rings. The van der Waals surface area contributed by atoms with Crippen molar-refractivity contribution < 1.29 is 101 Å². The van der Waals surface area contributed by atoms with Gasteiger partial charge >= 0.3 is 81.6 Å². The van der Waals surface area contributed by atoms with Gasteiger partial charge in [0, 0.05) is 93.0 Å². The maximum Gasteiger partial charge on any atom is 1.00 e. The molecule has 2 saturated heterocycles. The number of carbonyl (C=O) groups excluding carboxylic acids is 4. The number of amides is 6. The number of halogens is 1. The summed E-state index contributed by atoms with van der Waals surface area (Å²) in [6.07, 6.45) is 3.06. The van der Waals surface area contributed by atoms with E-state index in [9.17, 15) is 38.4 Å². The molecular weight excluding hydrogens is 813 g/mol. The molecule has 6 amide bonds. The number of rotatable bonds is 0. The third-order valence-corrected chi connectivity index (χ3v) is 7.49. The summed E-state index contributed by atoms with van der Waals surface area (Å²) in [5.41, 5.74) is -0.777. The third-order valence-electron chi connectivity index (χ3n) is 7.49. The molecule has 2 aromatic rings. The zero-order chi connectivity index (χ0) is 36.2. The van der Waals surface area contributed by atoms with Crippen molar-refractivity contribution in [2.75, 3.05) is 41.3 Å². The smallest absolute Gasteiger partial charge is 1.00 e. The van der Waals surface area contributed by atoms with E-state index in [4.69, 9.17) is 0 Å². The fourth-order valence-electron chi connectivity index (χ4n) is 5.03. The topological polar surface area (TPSA) is 169 Å². The van der Waals surface area contributed by atoms with Gasteiger partial charge in [0.05, 0.1) is 10.8 Å². The number of urea groups is 2. The van der Waals surface area contributed by atoms with E-state index in [2.05, 4.69) is 0 Å². The second kappa shape index (κ2) is 18.7. The van der Waals surface area contributed by atoms with Crippen LogP contribution in [-0.2, 0) is 37.8 Å². The molecule has 0 saturated carbocycles. The molecule has 0 aromatic carbocycles. The number of nitrogens with zero attached hydrogens (tertiary/aromatic N) is 8. The molecule has 2 aliphatic rings. The van der Waals surface area contributed by atoms with Gasteiger partial charge in [0.25, 0.3) is 11.1 Å². The normalized spacial score (nSPS) is 16.3. The Hall–Kier alpha value is -2.22. The van der Waals surface area contributed by atoms with E-state index in [0.29, 0.717) is 24.2 Å². The van der Waals surface area contributed by atoms with Gasteiger partial charge in [-0.1, -0.05) is 0 Å². The van der Waals surface area contributed by atoms with Gasteiger partial charge in [-0.25, -0.2) is 19.2 Å². The van der Waals surface area contributed by atoms with Crippen LogP contribution in [0.2, 0.25) is 0 Å². The summed E-state index contributed by atoms with van der Waals surface area (Å²) in [7, 11) is 12.6. The summed E-state index contributed by atoms with van der Waals surface area (Å²) in [6, 6.07) is -0.446. The molecule has 0 radical (unpaired) electrons. The van der Waals surface area contributed by atoms with Crippen LogP contribution in [0, 0.1) is 24.7 Å². The van der Waals surface area contributed by atoms with Crippen molar-refractivity contribution in [2.45, 2.75) is 41.5 Å². The molecule has 2 aliphatic heterocycles. The van der Waals surface area contributed by atoms with Gasteiger partial charge in [0.1, 0.15) is 0 Å². The Morgan fingerprint density at radius 1 is 0.521 bits per heavy atom. The molecule has 0 N–H and O–H groups in total. The third kappa shape index (κ3) is 11.4. The van der Waals surface area contributed by atoms with Crippen molar-refractivity contribution >= 4 is 23.9 Å². The predicted molar refractivity (Wildman–Crippen MR) is 172 cm³/mol. The Bertz CT molecular complexity index is 1560. The largest absolute Gasteiger partial charge is 1.00 e. The summed E-state index contributed by atoms with van der Waals surface area (Å²) in [4.78, 5) is 95.2. The molecule has 48 heavy (non-hydrogen) atoms. The summed E-state index contributed by atoms with van der Waals surface area (Å²) in [5, 5.41) is 0. The number of aromatic nitrogens is 4. The van der Waals surface area contributed by atoms with E-state index in [1.54, 1.807) is 51.8 Å². The average molecular weight is 861 g/mol. The molecule has 4 heterocycles. The summed E-state index contributed by atoms with van der Waals surface area (Å²) in [5.74, 6) is -0.212. The maximum atomic E-state index is 11.5. The van der Waals surface area contributed by atoms with Gasteiger partial charge in [-0.3, -0.25) is 38.1 Å². The SMILES string of the molecule is CN1CC(C)(C)C(=O)N(C)C1=O.CN1CC(C)(C)C(=O)N(C)C1=O.Cc1cn(C)c(=O)n(C)c1=O.Cc1cn(C)c(=O)n(C)c1=O.[I-].[Rb+]. The van der Waals surface area contributed by atoms with Crippen LogP contribution in [0.1, 0.15) is 38.8 Å². The van der Waals surface area contributed by atoms with Gasteiger partial charge in [-0.2, -0.15) is 0 Å². The van der Waals surface area contributed by atoms with E-state index in [-0.39, 0.29) is 129 Å². The van der Waals surface area contributed by atoms with Crippen molar-refractivity contribution in [1.29, 1.82) is 0 Å². The minimum atomic E-state index is -0.447. The van der Waals surface area contributed by atoms with Gasteiger partial charge < -0.3 is 42.9 Å². The van der Waals surface area contributed by atoms with E-state index in [1.165, 1.54) is 59.5 Å². The molecule has 0 unspecified atom stereocenters. The van der Waals surface area contributed by atoms with Crippen LogP contribution in [0.5, 0.6) is 0 Å². The van der Waals surface area contributed by atoms with Crippen LogP contribution in [0.4, 0.5) is 9.59 Å². The van der Waals surface area contributed by atoms with Gasteiger partial charge in [-0.05, 0) is 41.5 Å². The predicted octanol–water partition coefficient (Wildman–Crippen LogP) is -6.13. The van der Waals surface area contributed by atoms with E-state index < -0.39 is 10.8 Å². The number of carbonyl (C=O) groups is 4. The van der Waals surface area contributed by atoms with Crippen molar-refractivity contribution in [3.8, 4) is 0 Å². The van der Waals surface area contributed by atoms with E-state index in [0.717, 1.165) is 9.13 Å². The van der Waals surface area contributed by atoms with Crippen LogP contribution in [0.3, 0.4) is 0 Å². The molecule has 16 nitrogen and oxygen atoms in total. The van der Waals surface area contributed by atoms with E-state index >= 15 is 0 Å². The second-order valence-electron chi connectivity index (χ2n) is 12.9. The summed E-state index contributed by atoms with van der Waals surface area (Å²) >= 11 is 0. The molecule has 0 spiro atoms. The molecule has 0 atom stereocenters. The van der Waals surface area contributed by atoms with Gasteiger partial charge in [-0.15, -0.1) is 0 Å². The fraction of sp³-hybridized carbons (Fsp3) is 0.600. The number of aryl methyl sites for hydroxylation is 4. The zero-order valence-corrected chi connectivity index (χ0v) is 37.9. The average Bonchev–Trinajstić information content (AvgIpc) is 2.97. The first-order valence-electron chi connectivity index (χ1n) is 14.3. The Morgan fingerprint density at radius 2 is 0.771 bits per heavy atom. The zero-order valence-electron chi connectivity index (χ0n) is 30.8. The first-order chi connectivity index (χ1) is 20.8. The van der Waals surface area contributed by atoms with Crippen molar-refractivity contribution in [3.05, 3.63) is 65.2 Å². The molecular formula is C30H48IN8O8Rb. The van der Waals surface area contributed by atoms with Crippen LogP contribution < -0.4 is 105 Å². The molecule has 4 rings (SSSR count). The molecule has 2 aromatic heterocycles. The number of hydrogen-bond donors (Lipinski definition) is 0. The molecule has 0 bridgehead atoms. The van der Waals surface area contributed by atoms with Crippen LogP contribution in [0.25, 0.3) is 0 Å². The molecule has 264 valence electrons.